The zero-order valence-corrected chi connectivity index (χ0v) is 34.8. The first-order chi connectivity index (χ1) is 31.1. The summed E-state index contributed by atoms with van der Waals surface area (Å²) in [5.74, 6) is 4.68. The molecule has 63 heavy (non-hydrogen) atoms. The average molecular weight is 829 g/mol. The lowest BCUT2D eigenvalue weighted by Crippen LogP contribution is -2.33. The number of hydrogen-bond acceptors (Lipinski definition) is 9. The predicted molar refractivity (Wildman–Crippen MR) is 261 cm³/mol. The molecule has 1 unspecified atom stereocenters. The summed E-state index contributed by atoms with van der Waals surface area (Å²) >= 11 is 1.86. The molecule has 1 aliphatic carbocycles. The van der Waals surface area contributed by atoms with Crippen LogP contribution in [0.1, 0.15) is 82.8 Å². The summed E-state index contributed by atoms with van der Waals surface area (Å²) in [5, 5.41) is 9.41. The van der Waals surface area contributed by atoms with Crippen LogP contribution in [-0.2, 0) is 0 Å². The Morgan fingerprint density at radius 1 is 0.365 bits per heavy atom. The van der Waals surface area contributed by atoms with Crippen LogP contribution in [0.25, 0.3) is 43.1 Å². The molecule has 1 saturated carbocycles. The smallest absolute Gasteiger partial charge is 0.170 e. The van der Waals surface area contributed by atoms with E-state index in [1.54, 1.807) is 0 Å². The van der Waals surface area contributed by atoms with Crippen molar-refractivity contribution in [3.8, 4) is 0 Å². The highest BCUT2D eigenvalue weighted by Gasteiger charge is 2.38. The molecule has 298 valence electrons. The van der Waals surface area contributed by atoms with Crippen LogP contribution in [-0.4, -0.2) is 50.4 Å². The van der Waals surface area contributed by atoms with Gasteiger partial charge in [-0.2, -0.15) is 0 Å². The summed E-state index contributed by atoms with van der Waals surface area (Å²) in [7, 11) is 0. The Hall–Kier alpha value is -7.36. The number of fused-ring (bicyclic) bond motifs is 20. The molecule has 1 fully saturated rings. The predicted octanol–water partition coefficient (Wildman–Crippen LogP) is 12.0. The Kier molecular flexibility index (Phi) is 7.59. The van der Waals surface area contributed by atoms with E-state index in [1.165, 1.54) is 19.3 Å². The van der Waals surface area contributed by atoms with E-state index in [1.807, 2.05) is 11.9 Å². The molecule has 8 aromatic rings. The summed E-state index contributed by atoms with van der Waals surface area (Å²) in [6, 6.07) is 51.8. The fraction of sp³-hybridized carbons (Fsp3) is 0.130. The Morgan fingerprint density at radius 2 is 0.714 bits per heavy atom. The summed E-state index contributed by atoms with van der Waals surface area (Å²) < 4.78 is 2.32. The molecule has 8 aromatic carbocycles. The summed E-state index contributed by atoms with van der Waals surface area (Å²) in [6.07, 6.45) is 5.36. The molecule has 1 atom stereocenters. The van der Waals surface area contributed by atoms with Crippen LogP contribution in [0.15, 0.2) is 181 Å². The number of benzene rings is 8. The third-order valence-corrected chi connectivity index (χ3v) is 14.6. The zero-order valence-electron chi connectivity index (χ0n) is 34.0. The Morgan fingerprint density at radius 3 is 1.19 bits per heavy atom. The Balaban J connectivity index is 1.08. The first kappa shape index (κ1) is 35.3. The molecule has 0 amide bonds. The number of aliphatic imine (C=N–C) groups is 7. The van der Waals surface area contributed by atoms with E-state index in [0.717, 1.165) is 112 Å². The minimum atomic E-state index is -0.579. The molecule has 8 nitrogen and oxygen atoms in total. The van der Waals surface area contributed by atoms with Crippen molar-refractivity contribution >= 4 is 95.9 Å². The first-order valence-corrected chi connectivity index (χ1v) is 22.7. The normalized spacial score (nSPS) is 18.6. The summed E-state index contributed by atoms with van der Waals surface area (Å²) in [5.41, 5.74) is 7.77. The van der Waals surface area contributed by atoms with E-state index in [9.17, 15) is 0 Å². The minimum absolute atomic E-state index is 0.391. The second-order valence-corrected chi connectivity index (χ2v) is 18.4. The third kappa shape index (κ3) is 5.59. The van der Waals surface area contributed by atoms with Gasteiger partial charge in [0.2, 0.25) is 0 Å². The fourth-order valence-corrected chi connectivity index (χ4v) is 11.4. The van der Waals surface area contributed by atoms with Gasteiger partial charge in [-0.1, -0.05) is 116 Å². The van der Waals surface area contributed by atoms with Gasteiger partial charge in [0, 0.05) is 49.8 Å². The first-order valence-electron chi connectivity index (χ1n) is 21.8. The van der Waals surface area contributed by atoms with Crippen LogP contribution in [0, 0.1) is 0 Å². The van der Waals surface area contributed by atoms with Gasteiger partial charge < -0.3 is 0 Å². The van der Waals surface area contributed by atoms with E-state index in [-0.39, 0.29) is 0 Å². The molecule has 0 N–H and O–H groups in total. The van der Waals surface area contributed by atoms with Gasteiger partial charge in [0.1, 0.15) is 0 Å². The molecule has 0 saturated heterocycles. The van der Waals surface area contributed by atoms with E-state index in [2.05, 4.69) is 150 Å². The van der Waals surface area contributed by atoms with Crippen molar-refractivity contribution in [3.05, 3.63) is 190 Å². The maximum Gasteiger partial charge on any atom is 0.170 e. The van der Waals surface area contributed by atoms with Crippen molar-refractivity contribution in [1.82, 2.24) is 4.31 Å². The molecule has 5 aliphatic heterocycles. The molecule has 0 radical (unpaired) electrons. The fourth-order valence-electron chi connectivity index (χ4n) is 10.1. The monoisotopic (exact) mass is 828 g/mol. The number of nitrogens with zero attached hydrogens (tertiary/aromatic N) is 8. The van der Waals surface area contributed by atoms with Gasteiger partial charge in [0.15, 0.2) is 47.0 Å². The second-order valence-electron chi connectivity index (χ2n) is 17.1. The Labute approximate surface area is 367 Å². The zero-order chi connectivity index (χ0) is 41.2. The highest BCUT2D eigenvalue weighted by atomic mass is 32.2. The molecule has 0 spiro atoms. The average Bonchev–Trinajstić information content (AvgIpc) is 4.05. The van der Waals surface area contributed by atoms with Crippen molar-refractivity contribution < 1.29 is 0 Å². The third-order valence-electron chi connectivity index (χ3n) is 13.3. The molecule has 6 aliphatic rings. The lowest BCUT2D eigenvalue weighted by Gasteiger charge is -2.30. The maximum absolute atomic E-state index is 5.58. The van der Waals surface area contributed by atoms with Crippen molar-refractivity contribution in [1.29, 1.82) is 0 Å². The van der Waals surface area contributed by atoms with Crippen molar-refractivity contribution in [2.24, 2.45) is 34.9 Å². The van der Waals surface area contributed by atoms with Crippen LogP contribution >= 0.6 is 11.9 Å². The SMILES string of the molecule is c1ccc2cc3c(cc2c1)C1=NC3=NC2N=C(N=C3N=C(c4cc5ccccc5cc43)N(SC3CCCCC3)C3=NC(=N1)c1cc4ccccc4cc13)c1cc3ccccc3cc12. The van der Waals surface area contributed by atoms with E-state index in [0.29, 0.717) is 34.4 Å². The van der Waals surface area contributed by atoms with Crippen molar-refractivity contribution in [2.45, 2.75) is 43.5 Å². The van der Waals surface area contributed by atoms with Gasteiger partial charge in [-0.05, 0) is 116 Å². The van der Waals surface area contributed by atoms with E-state index < -0.39 is 6.17 Å². The minimum Gasteiger partial charge on any atom is -0.250 e. The summed E-state index contributed by atoms with van der Waals surface area (Å²) in [6.45, 7) is 0. The van der Waals surface area contributed by atoms with Crippen LogP contribution < -0.4 is 0 Å². The standard InChI is InChI=1S/C54H36N8S/c1-2-20-38(21-3-1)63-62-53-45-28-36-18-10-8-16-34(36)26-43(45)51(60-53)58-49-41-24-32-14-6-4-12-30(32)22-39(41)47(56-49)55-48-40-23-31-13-5-7-15-33(31)25-42(40)50(57-48)59-52-44-27-35-17-9-11-19-37(35)29-46(44)54(62)61-52/h4-19,22-29,38,47H,1-3,20-21H2. The van der Waals surface area contributed by atoms with Gasteiger partial charge in [0.25, 0.3) is 0 Å². The van der Waals surface area contributed by atoms with Crippen LogP contribution in [0.5, 0.6) is 0 Å². The molecule has 5 heterocycles. The van der Waals surface area contributed by atoms with Crippen molar-refractivity contribution in [3.63, 3.8) is 0 Å². The second kappa shape index (κ2) is 13.6. The lowest BCUT2D eigenvalue weighted by molar-refractivity contribution is 0.513. The Bertz CT molecular complexity index is 3600. The maximum atomic E-state index is 5.58. The largest absolute Gasteiger partial charge is 0.250 e. The highest BCUT2D eigenvalue weighted by molar-refractivity contribution is 7.98. The summed E-state index contributed by atoms with van der Waals surface area (Å²) in [4.78, 5) is 38.1. The van der Waals surface area contributed by atoms with E-state index >= 15 is 0 Å². The van der Waals surface area contributed by atoms with Crippen LogP contribution in [0.3, 0.4) is 0 Å². The number of hydrogen-bond donors (Lipinski definition) is 0. The van der Waals surface area contributed by atoms with Gasteiger partial charge in [0.05, 0.1) is 0 Å². The van der Waals surface area contributed by atoms with Gasteiger partial charge in [-0.3, -0.25) is 0 Å². The molecular weight excluding hydrogens is 793 g/mol. The van der Waals surface area contributed by atoms with Gasteiger partial charge in [-0.15, -0.1) is 0 Å². The van der Waals surface area contributed by atoms with E-state index in [4.69, 9.17) is 34.9 Å². The highest BCUT2D eigenvalue weighted by Crippen LogP contribution is 2.41. The van der Waals surface area contributed by atoms with Gasteiger partial charge >= 0.3 is 0 Å². The number of amidine groups is 7. The van der Waals surface area contributed by atoms with Crippen molar-refractivity contribution in [2.75, 3.05) is 0 Å². The molecular formula is C54H36N8S. The molecule has 14 rings (SSSR count). The molecule has 8 bridgehead atoms. The quantitative estimate of drug-likeness (QED) is 0.162. The molecule has 0 aromatic heterocycles. The van der Waals surface area contributed by atoms with Crippen LogP contribution in [0.2, 0.25) is 0 Å². The number of rotatable bonds is 2. The molecule has 9 heteroatoms. The van der Waals surface area contributed by atoms with Crippen LogP contribution in [0.4, 0.5) is 0 Å². The topological polar surface area (TPSA) is 89.8 Å². The lowest BCUT2D eigenvalue weighted by atomic mass is 9.99. The van der Waals surface area contributed by atoms with Gasteiger partial charge in [-0.25, -0.2) is 39.3 Å².